The highest BCUT2D eigenvalue weighted by Crippen LogP contribution is 2.22. The lowest BCUT2D eigenvalue weighted by Gasteiger charge is -2.20. The van der Waals surface area contributed by atoms with Gasteiger partial charge in [0, 0.05) is 29.2 Å². The van der Waals surface area contributed by atoms with E-state index in [0.29, 0.717) is 17.0 Å². The molecule has 0 bridgehead atoms. The maximum Gasteiger partial charge on any atom is 0.130 e. The third-order valence-electron chi connectivity index (χ3n) is 3.56. The van der Waals surface area contributed by atoms with Crippen LogP contribution < -0.4 is 5.32 Å². The third kappa shape index (κ3) is 4.26. The van der Waals surface area contributed by atoms with Crippen molar-refractivity contribution < 1.29 is 13.9 Å². The van der Waals surface area contributed by atoms with E-state index in [1.165, 1.54) is 12.1 Å². The van der Waals surface area contributed by atoms with Gasteiger partial charge in [0.25, 0.3) is 0 Å². The van der Waals surface area contributed by atoms with Crippen LogP contribution in [0.15, 0.2) is 42.5 Å². The molecule has 0 saturated carbocycles. The van der Waals surface area contributed by atoms with Crippen LogP contribution in [0.25, 0.3) is 0 Å². The zero-order valence-electron chi connectivity index (χ0n) is 12.2. The summed E-state index contributed by atoms with van der Waals surface area (Å²) in [6.45, 7) is 2.16. The molecule has 0 aromatic heterocycles. The fraction of sp³-hybridized carbons (Fsp3) is 0.294. The van der Waals surface area contributed by atoms with Crippen molar-refractivity contribution in [3.63, 3.8) is 0 Å². The fourth-order valence-corrected chi connectivity index (χ4v) is 2.44. The lowest BCUT2D eigenvalue weighted by molar-refractivity contribution is 0.169. The number of benzene rings is 2. The molecule has 1 unspecified atom stereocenters. The van der Waals surface area contributed by atoms with Crippen LogP contribution in [0.3, 0.4) is 0 Å². The highest BCUT2D eigenvalue weighted by atomic mass is 35.5. The Hall–Kier alpha value is -1.49. The van der Waals surface area contributed by atoms with Crippen LogP contribution in [-0.2, 0) is 0 Å². The minimum absolute atomic E-state index is 0.261. The van der Waals surface area contributed by atoms with Crippen molar-refractivity contribution in [2.45, 2.75) is 25.5 Å². The molecule has 0 radical (unpaired) electrons. The predicted molar refractivity (Wildman–Crippen MR) is 83.8 cm³/mol. The molecule has 0 spiro atoms. The predicted octanol–water partition coefficient (Wildman–Crippen LogP) is 4.39. The van der Waals surface area contributed by atoms with Gasteiger partial charge in [0.2, 0.25) is 0 Å². The van der Waals surface area contributed by atoms with Gasteiger partial charge >= 0.3 is 0 Å². The van der Waals surface area contributed by atoms with E-state index in [-0.39, 0.29) is 12.6 Å². The number of aliphatic hydroxyl groups is 1. The van der Waals surface area contributed by atoms with Crippen molar-refractivity contribution in [3.8, 4) is 0 Å². The van der Waals surface area contributed by atoms with Crippen LogP contribution in [0.5, 0.6) is 0 Å². The first-order chi connectivity index (χ1) is 10.5. The molecule has 2 aromatic rings. The van der Waals surface area contributed by atoms with Crippen molar-refractivity contribution in [2.75, 3.05) is 6.54 Å². The fourth-order valence-electron chi connectivity index (χ4n) is 2.31. The maximum atomic E-state index is 13.8. The number of rotatable bonds is 6. The summed E-state index contributed by atoms with van der Waals surface area (Å²) < 4.78 is 26.8. The summed E-state index contributed by atoms with van der Waals surface area (Å²) in [5.74, 6) is -1.18. The molecule has 2 rings (SSSR count). The van der Waals surface area contributed by atoms with Crippen LogP contribution in [0.1, 0.15) is 36.6 Å². The van der Waals surface area contributed by atoms with E-state index in [0.717, 1.165) is 11.6 Å². The minimum Gasteiger partial charge on any atom is -0.387 e. The van der Waals surface area contributed by atoms with Crippen LogP contribution in [0.4, 0.5) is 8.78 Å². The number of hydrogen-bond acceptors (Lipinski definition) is 2. The lowest BCUT2D eigenvalue weighted by atomic mass is 10.0. The number of aliphatic hydroxyl groups excluding tert-OH is 1. The van der Waals surface area contributed by atoms with E-state index in [9.17, 15) is 13.9 Å². The Bertz CT molecular complexity index is 619. The van der Waals surface area contributed by atoms with Crippen molar-refractivity contribution in [3.05, 3.63) is 70.2 Å². The summed E-state index contributed by atoms with van der Waals surface area (Å²) in [7, 11) is 0. The average molecular weight is 326 g/mol. The Morgan fingerprint density at radius 2 is 1.82 bits per heavy atom. The van der Waals surface area contributed by atoms with Crippen LogP contribution in [-0.4, -0.2) is 11.7 Å². The lowest BCUT2D eigenvalue weighted by Crippen LogP contribution is -2.26. The standard InChI is InChI=1S/C17H18ClF2NO/c1-2-16(14-8-7-13(19)9-15(14)20)21-10-17(22)11-3-5-12(18)6-4-11/h3-9,16-17,21-22H,2,10H2,1H3/t16?,17-/m0/s1. The Kier molecular flexibility index (Phi) is 5.89. The van der Waals surface area contributed by atoms with Gasteiger partial charge in [-0.3, -0.25) is 0 Å². The number of halogens is 3. The summed E-state index contributed by atoms with van der Waals surface area (Å²) >= 11 is 5.81. The Labute approximate surface area is 133 Å². The van der Waals surface area contributed by atoms with Gasteiger partial charge in [-0.1, -0.05) is 36.7 Å². The van der Waals surface area contributed by atoms with Crippen LogP contribution in [0, 0.1) is 11.6 Å². The summed E-state index contributed by atoms with van der Waals surface area (Å²) in [6.07, 6.45) is -0.106. The number of hydrogen-bond donors (Lipinski definition) is 2. The molecule has 2 aromatic carbocycles. The normalized spacial score (nSPS) is 13.9. The molecule has 0 fully saturated rings. The van der Waals surface area contributed by atoms with E-state index in [4.69, 9.17) is 11.6 Å². The van der Waals surface area contributed by atoms with E-state index in [2.05, 4.69) is 5.32 Å². The molecule has 0 heterocycles. The molecule has 118 valence electrons. The second-order valence-corrected chi connectivity index (χ2v) is 5.54. The highest BCUT2D eigenvalue weighted by molar-refractivity contribution is 6.30. The zero-order chi connectivity index (χ0) is 16.1. The summed E-state index contributed by atoms with van der Waals surface area (Å²) in [5.41, 5.74) is 1.12. The Morgan fingerprint density at radius 3 is 2.41 bits per heavy atom. The second-order valence-electron chi connectivity index (χ2n) is 5.10. The first kappa shape index (κ1) is 16.9. The maximum absolute atomic E-state index is 13.8. The highest BCUT2D eigenvalue weighted by Gasteiger charge is 2.16. The van der Waals surface area contributed by atoms with Gasteiger partial charge in [0.1, 0.15) is 11.6 Å². The number of nitrogens with one attached hydrogen (secondary N) is 1. The quantitative estimate of drug-likeness (QED) is 0.825. The molecule has 0 amide bonds. The van der Waals surface area contributed by atoms with Crippen LogP contribution >= 0.6 is 11.6 Å². The SMILES string of the molecule is CCC(NC[C@H](O)c1ccc(Cl)cc1)c1ccc(F)cc1F. The molecule has 0 aliphatic rings. The van der Waals surface area contributed by atoms with E-state index in [1.54, 1.807) is 24.3 Å². The molecule has 22 heavy (non-hydrogen) atoms. The van der Waals surface area contributed by atoms with Gasteiger partial charge in [-0.25, -0.2) is 8.78 Å². The van der Waals surface area contributed by atoms with Gasteiger partial charge < -0.3 is 10.4 Å². The second kappa shape index (κ2) is 7.68. The van der Waals surface area contributed by atoms with Crippen molar-refractivity contribution in [1.29, 1.82) is 0 Å². The monoisotopic (exact) mass is 325 g/mol. The molecule has 2 nitrogen and oxygen atoms in total. The molecule has 0 aliphatic heterocycles. The molecule has 2 N–H and O–H groups in total. The van der Waals surface area contributed by atoms with Crippen molar-refractivity contribution >= 4 is 11.6 Å². The van der Waals surface area contributed by atoms with E-state index >= 15 is 0 Å². The molecule has 2 atom stereocenters. The van der Waals surface area contributed by atoms with Gasteiger partial charge in [0.05, 0.1) is 6.10 Å². The van der Waals surface area contributed by atoms with E-state index in [1.807, 2.05) is 6.92 Å². The molecular weight excluding hydrogens is 308 g/mol. The van der Waals surface area contributed by atoms with Gasteiger partial charge in [-0.15, -0.1) is 0 Å². The minimum atomic E-state index is -0.727. The van der Waals surface area contributed by atoms with E-state index < -0.39 is 17.7 Å². The first-order valence-electron chi connectivity index (χ1n) is 7.13. The first-order valence-corrected chi connectivity index (χ1v) is 7.51. The Morgan fingerprint density at radius 1 is 1.14 bits per heavy atom. The summed E-state index contributed by atoms with van der Waals surface area (Å²) in [4.78, 5) is 0. The Balaban J connectivity index is 2.02. The average Bonchev–Trinajstić information content (AvgIpc) is 2.50. The molecule has 5 heteroatoms. The third-order valence-corrected chi connectivity index (χ3v) is 3.81. The largest absolute Gasteiger partial charge is 0.387 e. The topological polar surface area (TPSA) is 32.3 Å². The molecule has 0 saturated heterocycles. The van der Waals surface area contributed by atoms with Gasteiger partial charge in [-0.2, -0.15) is 0 Å². The van der Waals surface area contributed by atoms with Crippen LogP contribution in [0.2, 0.25) is 5.02 Å². The van der Waals surface area contributed by atoms with Gasteiger partial charge in [-0.05, 0) is 30.2 Å². The zero-order valence-corrected chi connectivity index (χ0v) is 12.9. The molecule has 0 aliphatic carbocycles. The summed E-state index contributed by atoms with van der Waals surface area (Å²) in [5, 5.41) is 13.9. The van der Waals surface area contributed by atoms with Crippen molar-refractivity contribution in [2.24, 2.45) is 0 Å². The molecular formula is C17H18ClF2NO. The summed E-state index contributed by atoms with van der Waals surface area (Å²) in [6, 6.07) is 10.1. The van der Waals surface area contributed by atoms with Crippen molar-refractivity contribution in [1.82, 2.24) is 5.32 Å². The van der Waals surface area contributed by atoms with Gasteiger partial charge in [0.15, 0.2) is 0 Å². The smallest absolute Gasteiger partial charge is 0.130 e.